The van der Waals surface area contributed by atoms with Gasteiger partial charge in [-0.2, -0.15) is 0 Å². The minimum atomic E-state index is -0.333. The van der Waals surface area contributed by atoms with Gasteiger partial charge in [-0.25, -0.2) is 0 Å². The summed E-state index contributed by atoms with van der Waals surface area (Å²) in [6.07, 6.45) is 0.786. The molecule has 0 atom stereocenters. The molecule has 0 saturated heterocycles. The average molecular weight is 459 g/mol. The zero-order valence-electron chi connectivity index (χ0n) is 19.2. The number of amides is 3. The number of anilines is 2. The molecule has 0 unspecified atom stereocenters. The van der Waals surface area contributed by atoms with Crippen LogP contribution in [0.25, 0.3) is 0 Å². The average Bonchev–Trinajstić information content (AvgIpc) is 2.73. The van der Waals surface area contributed by atoms with E-state index in [4.69, 9.17) is 11.6 Å². The van der Waals surface area contributed by atoms with Crippen LogP contribution in [0.3, 0.4) is 0 Å². The standard InChI is InChI=1S/C24H31ClN4O3/c1-6-24(3,4)28-23(32)19-12-11-18(13-20(19)25)26-14-22(31)29(5)15-21(30)27-17-9-7-16(2)8-10-17/h7-13,26H,6,14-15H2,1-5H3,(H,27,30)(H,28,32). The van der Waals surface area contributed by atoms with Crippen molar-refractivity contribution < 1.29 is 14.4 Å². The largest absolute Gasteiger partial charge is 0.376 e. The fourth-order valence-corrected chi connectivity index (χ4v) is 2.99. The second-order valence-corrected chi connectivity index (χ2v) is 8.81. The van der Waals surface area contributed by atoms with Crippen LogP contribution in [-0.4, -0.2) is 48.3 Å². The number of halogens is 1. The van der Waals surface area contributed by atoms with Gasteiger partial charge in [0.05, 0.1) is 23.7 Å². The monoisotopic (exact) mass is 458 g/mol. The van der Waals surface area contributed by atoms with Crippen LogP contribution < -0.4 is 16.0 Å². The Morgan fingerprint density at radius 1 is 1.03 bits per heavy atom. The molecule has 0 aliphatic rings. The molecule has 7 nitrogen and oxygen atoms in total. The molecule has 172 valence electrons. The number of carbonyl (C=O) groups is 3. The van der Waals surface area contributed by atoms with E-state index >= 15 is 0 Å². The molecule has 0 radical (unpaired) electrons. The molecule has 0 bridgehead atoms. The molecule has 3 amide bonds. The van der Waals surface area contributed by atoms with E-state index in [9.17, 15) is 14.4 Å². The lowest BCUT2D eigenvalue weighted by molar-refractivity contribution is -0.131. The predicted octanol–water partition coefficient (Wildman–Crippen LogP) is 4.08. The summed E-state index contributed by atoms with van der Waals surface area (Å²) >= 11 is 6.28. The summed E-state index contributed by atoms with van der Waals surface area (Å²) < 4.78 is 0. The quantitative estimate of drug-likeness (QED) is 0.528. The predicted molar refractivity (Wildman–Crippen MR) is 129 cm³/mol. The Hall–Kier alpha value is -3.06. The van der Waals surface area contributed by atoms with E-state index in [2.05, 4.69) is 16.0 Å². The lowest BCUT2D eigenvalue weighted by Gasteiger charge is -2.24. The number of hydrogen-bond acceptors (Lipinski definition) is 4. The van der Waals surface area contributed by atoms with Crippen LogP contribution in [0, 0.1) is 6.92 Å². The van der Waals surface area contributed by atoms with Crippen molar-refractivity contribution in [2.45, 2.75) is 39.7 Å². The van der Waals surface area contributed by atoms with E-state index < -0.39 is 0 Å². The highest BCUT2D eigenvalue weighted by molar-refractivity contribution is 6.34. The summed E-state index contributed by atoms with van der Waals surface area (Å²) in [5.74, 6) is -0.784. The first kappa shape index (κ1) is 25.2. The van der Waals surface area contributed by atoms with E-state index in [1.54, 1.807) is 25.2 Å². The number of nitrogens with one attached hydrogen (secondary N) is 3. The Morgan fingerprint density at radius 2 is 1.66 bits per heavy atom. The number of hydrogen-bond donors (Lipinski definition) is 3. The van der Waals surface area contributed by atoms with Crippen LogP contribution >= 0.6 is 11.6 Å². The van der Waals surface area contributed by atoms with Crippen LogP contribution in [0.2, 0.25) is 5.02 Å². The molecule has 0 fully saturated rings. The van der Waals surface area contributed by atoms with Gasteiger partial charge in [-0.05, 0) is 57.5 Å². The van der Waals surface area contributed by atoms with E-state index in [1.165, 1.54) is 4.90 Å². The number of benzene rings is 2. The summed E-state index contributed by atoms with van der Waals surface area (Å²) in [6.45, 7) is 7.76. The second-order valence-electron chi connectivity index (χ2n) is 8.40. The molecule has 0 aliphatic carbocycles. The molecule has 8 heteroatoms. The Morgan fingerprint density at radius 3 is 2.25 bits per heavy atom. The van der Waals surface area contributed by atoms with Crippen LogP contribution in [0.4, 0.5) is 11.4 Å². The van der Waals surface area contributed by atoms with Gasteiger partial charge in [-0.15, -0.1) is 0 Å². The van der Waals surface area contributed by atoms with Gasteiger partial charge in [0.25, 0.3) is 5.91 Å². The highest BCUT2D eigenvalue weighted by atomic mass is 35.5. The smallest absolute Gasteiger partial charge is 0.253 e. The molecular weight excluding hydrogens is 428 g/mol. The lowest BCUT2D eigenvalue weighted by atomic mass is 10.0. The van der Waals surface area contributed by atoms with Gasteiger partial charge >= 0.3 is 0 Å². The van der Waals surface area contributed by atoms with Gasteiger partial charge in [0, 0.05) is 24.0 Å². The van der Waals surface area contributed by atoms with Crippen LogP contribution in [-0.2, 0) is 9.59 Å². The molecular formula is C24H31ClN4O3. The number of likely N-dealkylation sites (N-methyl/N-ethyl adjacent to an activating group) is 1. The first-order chi connectivity index (χ1) is 15.0. The zero-order valence-corrected chi connectivity index (χ0v) is 20.0. The van der Waals surface area contributed by atoms with Gasteiger partial charge in [0.1, 0.15) is 0 Å². The second kappa shape index (κ2) is 11.0. The summed E-state index contributed by atoms with van der Waals surface area (Å²) in [7, 11) is 1.56. The Labute approximate surface area is 194 Å². The maximum absolute atomic E-state index is 12.4. The number of carbonyl (C=O) groups excluding carboxylic acids is 3. The number of aryl methyl sites for hydroxylation is 1. The Bertz CT molecular complexity index is 974. The molecule has 0 aliphatic heterocycles. The summed E-state index contributed by atoms with van der Waals surface area (Å²) in [6, 6.07) is 12.3. The molecule has 2 aromatic carbocycles. The highest BCUT2D eigenvalue weighted by Crippen LogP contribution is 2.22. The molecule has 2 rings (SSSR count). The van der Waals surface area contributed by atoms with Crippen molar-refractivity contribution >= 4 is 40.7 Å². The maximum Gasteiger partial charge on any atom is 0.253 e. The van der Waals surface area contributed by atoms with E-state index in [0.29, 0.717) is 16.9 Å². The normalized spacial score (nSPS) is 10.9. The fraction of sp³-hybridized carbons (Fsp3) is 0.375. The van der Waals surface area contributed by atoms with Gasteiger partial charge in [-0.3, -0.25) is 14.4 Å². The maximum atomic E-state index is 12.4. The van der Waals surface area contributed by atoms with Gasteiger partial charge < -0.3 is 20.9 Å². The zero-order chi connectivity index (χ0) is 23.9. The SMILES string of the molecule is CCC(C)(C)NC(=O)c1ccc(NCC(=O)N(C)CC(=O)Nc2ccc(C)cc2)cc1Cl. The van der Waals surface area contributed by atoms with Crippen molar-refractivity contribution in [1.82, 2.24) is 10.2 Å². The molecule has 0 aromatic heterocycles. The molecule has 3 N–H and O–H groups in total. The first-order valence-corrected chi connectivity index (χ1v) is 10.8. The van der Waals surface area contributed by atoms with Crippen molar-refractivity contribution in [2.75, 3.05) is 30.8 Å². The van der Waals surface area contributed by atoms with E-state index in [0.717, 1.165) is 12.0 Å². The Kier molecular flexibility index (Phi) is 8.66. The molecule has 0 spiro atoms. The van der Waals surface area contributed by atoms with Gasteiger partial charge in [0.2, 0.25) is 11.8 Å². The molecule has 2 aromatic rings. The fourth-order valence-electron chi connectivity index (χ4n) is 2.73. The highest BCUT2D eigenvalue weighted by Gasteiger charge is 2.20. The van der Waals surface area contributed by atoms with Crippen molar-refractivity contribution in [3.63, 3.8) is 0 Å². The summed E-state index contributed by atoms with van der Waals surface area (Å²) in [5, 5.41) is 8.98. The van der Waals surface area contributed by atoms with Crippen molar-refractivity contribution in [2.24, 2.45) is 0 Å². The van der Waals surface area contributed by atoms with Crippen LogP contribution in [0.1, 0.15) is 43.1 Å². The molecule has 32 heavy (non-hydrogen) atoms. The summed E-state index contributed by atoms with van der Waals surface area (Å²) in [4.78, 5) is 38.3. The van der Waals surface area contributed by atoms with Gasteiger partial charge in [0.15, 0.2) is 0 Å². The lowest BCUT2D eigenvalue weighted by Crippen LogP contribution is -2.42. The summed E-state index contributed by atoms with van der Waals surface area (Å²) in [5.41, 5.74) is 2.42. The molecule has 0 heterocycles. The third-order valence-electron chi connectivity index (χ3n) is 5.14. The van der Waals surface area contributed by atoms with Gasteiger partial charge in [-0.1, -0.05) is 36.2 Å². The topological polar surface area (TPSA) is 90.5 Å². The van der Waals surface area contributed by atoms with Crippen molar-refractivity contribution in [3.05, 3.63) is 58.6 Å². The third-order valence-corrected chi connectivity index (χ3v) is 5.45. The minimum absolute atomic E-state index is 0.0148. The van der Waals surface area contributed by atoms with Crippen molar-refractivity contribution in [1.29, 1.82) is 0 Å². The Balaban J connectivity index is 1.87. The molecule has 0 saturated carbocycles. The van der Waals surface area contributed by atoms with E-state index in [1.807, 2.05) is 52.0 Å². The number of rotatable bonds is 9. The minimum Gasteiger partial charge on any atom is -0.376 e. The first-order valence-electron chi connectivity index (χ1n) is 10.5. The van der Waals surface area contributed by atoms with Crippen molar-refractivity contribution in [3.8, 4) is 0 Å². The van der Waals surface area contributed by atoms with Crippen LogP contribution in [0.5, 0.6) is 0 Å². The van der Waals surface area contributed by atoms with Crippen LogP contribution in [0.15, 0.2) is 42.5 Å². The third kappa shape index (κ3) is 7.57. The van der Waals surface area contributed by atoms with E-state index in [-0.39, 0.29) is 41.4 Å². The number of nitrogens with zero attached hydrogens (tertiary/aromatic N) is 1.